The van der Waals surface area contributed by atoms with Gasteiger partial charge in [-0.25, -0.2) is 0 Å². The van der Waals surface area contributed by atoms with E-state index in [1.807, 2.05) is 0 Å². The van der Waals surface area contributed by atoms with Crippen LogP contribution in [-0.2, 0) is 6.54 Å². The molecule has 2 nitrogen and oxygen atoms in total. The quantitative estimate of drug-likeness (QED) is 0.869. The van der Waals surface area contributed by atoms with Crippen molar-refractivity contribution in [2.75, 3.05) is 18.5 Å². The number of hydrogen-bond acceptors (Lipinski definition) is 3. The maximum atomic E-state index is 5.42. The highest BCUT2D eigenvalue weighted by Crippen LogP contribution is 2.22. The summed E-state index contributed by atoms with van der Waals surface area (Å²) in [5, 5.41) is 2.08. The first-order valence-electron chi connectivity index (χ1n) is 6.24. The topological polar surface area (TPSA) is 29.3 Å². The molecule has 0 saturated carbocycles. The normalized spacial score (nSPS) is 9.84. The first kappa shape index (κ1) is 13.7. The molecular weight excluding hydrogens is 252 g/mol. The molecule has 1 aromatic carbocycles. The van der Waals surface area contributed by atoms with Crippen LogP contribution in [0, 0.1) is 18.8 Å². The Hall–Kier alpha value is -1.76. The van der Waals surface area contributed by atoms with Gasteiger partial charge in [-0.15, -0.1) is 11.3 Å². The summed E-state index contributed by atoms with van der Waals surface area (Å²) in [5.41, 5.74) is 9.02. The van der Waals surface area contributed by atoms with Crippen LogP contribution < -0.4 is 10.6 Å². The van der Waals surface area contributed by atoms with Crippen molar-refractivity contribution < 1.29 is 0 Å². The van der Waals surface area contributed by atoms with Crippen LogP contribution in [0.2, 0.25) is 0 Å². The Kier molecular flexibility index (Phi) is 4.62. The lowest BCUT2D eigenvalue weighted by molar-refractivity contribution is 0.937. The summed E-state index contributed by atoms with van der Waals surface area (Å²) in [6, 6.07) is 10.6. The molecule has 2 aromatic rings. The predicted molar refractivity (Wildman–Crippen MR) is 83.5 cm³/mol. The van der Waals surface area contributed by atoms with Crippen molar-refractivity contribution in [2.45, 2.75) is 13.5 Å². The summed E-state index contributed by atoms with van der Waals surface area (Å²) in [7, 11) is 2.11. The maximum absolute atomic E-state index is 5.42. The van der Waals surface area contributed by atoms with Gasteiger partial charge < -0.3 is 10.6 Å². The highest BCUT2D eigenvalue weighted by molar-refractivity contribution is 7.10. The summed E-state index contributed by atoms with van der Waals surface area (Å²) in [5.74, 6) is 6.05. The number of aryl methyl sites for hydroxylation is 1. The van der Waals surface area contributed by atoms with Crippen LogP contribution in [0.15, 0.2) is 35.7 Å². The van der Waals surface area contributed by atoms with Crippen LogP contribution in [0.4, 0.5) is 5.69 Å². The van der Waals surface area contributed by atoms with E-state index in [4.69, 9.17) is 5.73 Å². The molecule has 0 spiro atoms. The average Bonchev–Trinajstić information content (AvgIpc) is 2.83. The summed E-state index contributed by atoms with van der Waals surface area (Å²) in [6.45, 7) is 3.39. The van der Waals surface area contributed by atoms with Gasteiger partial charge in [0.15, 0.2) is 0 Å². The highest BCUT2D eigenvalue weighted by Gasteiger charge is 2.07. The second-order valence-electron chi connectivity index (χ2n) is 4.46. The van der Waals surface area contributed by atoms with Crippen molar-refractivity contribution in [3.8, 4) is 11.8 Å². The molecule has 3 heteroatoms. The molecule has 98 valence electrons. The molecule has 0 saturated heterocycles. The maximum Gasteiger partial charge on any atom is 0.0555 e. The first-order chi connectivity index (χ1) is 9.20. The molecule has 1 heterocycles. The summed E-state index contributed by atoms with van der Waals surface area (Å²) < 4.78 is 0. The first-order valence-corrected chi connectivity index (χ1v) is 7.12. The van der Waals surface area contributed by atoms with E-state index in [1.54, 1.807) is 11.3 Å². The molecule has 0 aliphatic heterocycles. The largest absolute Gasteiger partial charge is 0.369 e. The molecule has 0 fully saturated rings. The average molecular weight is 270 g/mol. The zero-order chi connectivity index (χ0) is 13.7. The zero-order valence-corrected chi connectivity index (χ0v) is 12.1. The summed E-state index contributed by atoms with van der Waals surface area (Å²) >= 11 is 1.74. The smallest absolute Gasteiger partial charge is 0.0555 e. The molecule has 2 rings (SSSR count). The molecule has 0 radical (unpaired) electrons. The van der Waals surface area contributed by atoms with Gasteiger partial charge in [-0.2, -0.15) is 0 Å². The lowest BCUT2D eigenvalue weighted by atomic mass is 10.2. The van der Waals surface area contributed by atoms with Crippen molar-refractivity contribution in [3.05, 3.63) is 51.7 Å². The molecule has 0 bridgehead atoms. The number of anilines is 1. The Balaban J connectivity index is 2.15. The second kappa shape index (κ2) is 6.42. The molecule has 0 atom stereocenters. The van der Waals surface area contributed by atoms with E-state index in [1.165, 1.54) is 16.1 Å². The van der Waals surface area contributed by atoms with Gasteiger partial charge in [-0.3, -0.25) is 0 Å². The van der Waals surface area contributed by atoms with Crippen molar-refractivity contribution in [1.29, 1.82) is 0 Å². The molecule has 0 aliphatic rings. The van der Waals surface area contributed by atoms with Crippen molar-refractivity contribution >= 4 is 17.0 Å². The van der Waals surface area contributed by atoms with Gasteiger partial charge in [0, 0.05) is 23.2 Å². The van der Waals surface area contributed by atoms with Gasteiger partial charge >= 0.3 is 0 Å². The Morgan fingerprint density at radius 1 is 1.32 bits per heavy atom. The molecule has 0 aliphatic carbocycles. The minimum absolute atomic E-state index is 0.406. The molecule has 1 aromatic heterocycles. The third-order valence-corrected chi connectivity index (χ3v) is 3.80. The fourth-order valence-electron chi connectivity index (χ4n) is 1.89. The van der Waals surface area contributed by atoms with Gasteiger partial charge in [0.05, 0.1) is 13.1 Å². The van der Waals surface area contributed by atoms with E-state index >= 15 is 0 Å². The monoisotopic (exact) mass is 270 g/mol. The van der Waals surface area contributed by atoms with Crippen molar-refractivity contribution in [1.82, 2.24) is 0 Å². The van der Waals surface area contributed by atoms with E-state index in [0.29, 0.717) is 6.54 Å². The Morgan fingerprint density at radius 2 is 2.16 bits per heavy atom. The molecule has 19 heavy (non-hydrogen) atoms. The summed E-state index contributed by atoms with van der Waals surface area (Å²) in [6.07, 6.45) is 0. The number of rotatable bonds is 3. The predicted octanol–water partition coefficient (Wildman–Crippen LogP) is 3.00. The van der Waals surface area contributed by atoms with Crippen molar-refractivity contribution in [3.63, 3.8) is 0 Å². The van der Waals surface area contributed by atoms with E-state index in [9.17, 15) is 0 Å². The third-order valence-electron chi connectivity index (χ3n) is 2.89. The Morgan fingerprint density at radius 3 is 2.89 bits per heavy atom. The van der Waals surface area contributed by atoms with Crippen LogP contribution in [0.5, 0.6) is 0 Å². The molecule has 2 N–H and O–H groups in total. The van der Waals surface area contributed by atoms with Gasteiger partial charge in [0.1, 0.15) is 0 Å². The fourth-order valence-corrected chi connectivity index (χ4v) is 2.78. The number of nitrogens with zero attached hydrogens (tertiary/aromatic N) is 1. The minimum Gasteiger partial charge on any atom is -0.369 e. The number of hydrogen-bond donors (Lipinski definition) is 1. The molecule has 0 unspecified atom stereocenters. The standard InChI is InChI=1S/C16H18N2S/c1-13-5-3-7-15(11-13)18(2)12-16-14(6-4-9-17)8-10-19-16/h3,5,7-8,10-11H,9,12,17H2,1-2H3. The minimum atomic E-state index is 0.406. The molecule has 0 amide bonds. The van der Waals surface area contributed by atoms with Crippen LogP contribution in [0.3, 0.4) is 0 Å². The van der Waals surface area contributed by atoms with Crippen molar-refractivity contribution in [2.24, 2.45) is 5.73 Å². The zero-order valence-electron chi connectivity index (χ0n) is 11.3. The lowest BCUT2D eigenvalue weighted by Gasteiger charge is -2.19. The highest BCUT2D eigenvalue weighted by atomic mass is 32.1. The van der Waals surface area contributed by atoms with E-state index in [2.05, 4.69) is 66.4 Å². The fraction of sp³-hybridized carbons (Fsp3) is 0.250. The van der Waals surface area contributed by atoms with Crippen LogP contribution >= 0.6 is 11.3 Å². The second-order valence-corrected chi connectivity index (χ2v) is 5.46. The molecular formula is C16H18N2S. The van der Waals surface area contributed by atoms with E-state index in [-0.39, 0.29) is 0 Å². The van der Waals surface area contributed by atoms with Gasteiger partial charge in [0.25, 0.3) is 0 Å². The van der Waals surface area contributed by atoms with E-state index < -0.39 is 0 Å². The Labute approximate surface area is 118 Å². The van der Waals surface area contributed by atoms with Gasteiger partial charge in [0.2, 0.25) is 0 Å². The number of nitrogens with two attached hydrogens (primary N) is 1. The Bertz CT molecular complexity index is 604. The number of thiophene rings is 1. The van der Waals surface area contributed by atoms with E-state index in [0.717, 1.165) is 12.1 Å². The van der Waals surface area contributed by atoms with Gasteiger partial charge in [-0.1, -0.05) is 24.0 Å². The summed E-state index contributed by atoms with van der Waals surface area (Å²) in [4.78, 5) is 3.52. The third kappa shape index (κ3) is 3.60. The van der Waals surface area contributed by atoms with Crippen LogP contribution in [0.1, 0.15) is 16.0 Å². The van der Waals surface area contributed by atoms with Crippen LogP contribution in [0.25, 0.3) is 0 Å². The van der Waals surface area contributed by atoms with Gasteiger partial charge in [-0.05, 0) is 36.1 Å². The van der Waals surface area contributed by atoms with Crippen LogP contribution in [-0.4, -0.2) is 13.6 Å². The lowest BCUT2D eigenvalue weighted by Crippen LogP contribution is -2.16. The number of benzene rings is 1. The SMILES string of the molecule is Cc1cccc(N(C)Cc2sccc2C#CCN)c1.